The summed E-state index contributed by atoms with van der Waals surface area (Å²) in [5.41, 5.74) is 1.95. The number of esters is 1. The molecule has 2 heterocycles. The van der Waals surface area contributed by atoms with Gasteiger partial charge in [0.15, 0.2) is 12.4 Å². The van der Waals surface area contributed by atoms with Crippen LogP contribution in [-0.2, 0) is 17.7 Å². The molecule has 1 aromatic carbocycles. The number of ether oxygens (including phenoxy) is 2. The second kappa shape index (κ2) is 9.57. The molecule has 0 saturated carbocycles. The quantitative estimate of drug-likeness (QED) is 0.211. The number of hydrogen-bond acceptors (Lipinski definition) is 7. The van der Waals surface area contributed by atoms with E-state index in [4.69, 9.17) is 4.74 Å². The molecular formula is C22H22N2O6S. The zero-order valence-electron chi connectivity index (χ0n) is 17.4. The minimum absolute atomic E-state index is 0.0298. The molecule has 0 unspecified atom stereocenters. The molecule has 0 amide bonds. The molecule has 0 N–H and O–H groups in total. The van der Waals surface area contributed by atoms with E-state index in [1.807, 2.05) is 31.4 Å². The Hall–Kier alpha value is -3.46. The zero-order valence-corrected chi connectivity index (χ0v) is 18.2. The summed E-state index contributed by atoms with van der Waals surface area (Å²) < 4.78 is 12.1. The van der Waals surface area contributed by atoms with Crippen LogP contribution < -0.4 is 4.74 Å². The molecule has 162 valence electrons. The lowest BCUT2D eigenvalue weighted by molar-refractivity contribution is -0.385. The number of ketones is 1. The smallest absolute Gasteiger partial charge is 0.338 e. The molecule has 0 atom stereocenters. The SMILES string of the molecule is COC(=O)c1ccc(OCC(=O)c2cc(C)n(CCc3cccs3)c2C)c([N+](=O)[O-])c1. The lowest BCUT2D eigenvalue weighted by atomic mass is 10.1. The highest BCUT2D eigenvalue weighted by molar-refractivity contribution is 7.09. The Balaban J connectivity index is 1.73. The van der Waals surface area contributed by atoms with Crippen LogP contribution in [0.15, 0.2) is 41.8 Å². The molecular weight excluding hydrogens is 420 g/mol. The fourth-order valence-corrected chi connectivity index (χ4v) is 4.05. The molecule has 3 rings (SSSR count). The topological polar surface area (TPSA) is 101 Å². The van der Waals surface area contributed by atoms with E-state index in [1.165, 1.54) is 24.1 Å². The summed E-state index contributed by atoms with van der Waals surface area (Å²) in [5, 5.41) is 13.4. The van der Waals surface area contributed by atoms with Gasteiger partial charge in [0.05, 0.1) is 17.6 Å². The van der Waals surface area contributed by atoms with Crippen molar-refractivity contribution >= 4 is 28.8 Å². The fourth-order valence-electron chi connectivity index (χ4n) is 3.35. The van der Waals surface area contributed by atoms with E-state index in [9.17, 15) is 19.7 Å². The summed E-state index contributed by atoms with van der Waals surface area (Å²) in [7, 11) is 1.19. The Morgan fingerprint density at radius 1 is 1.19 bits per heavy atom. The van der Waals surface area contributed by atoms with Crippen molar-refractivity contribution in [1.29, 1.82) is 0 Å². The second-order valence-electron chi connectivity index (χ2n) is 6.91. The van der Waals surface area contributed by atoms with Crippen LogP contribution in [0.4, 0.5) is 5.69 Å². The molecule has 0 spiro atoms. The molecule has 8 nitrogen and oxygen atoms in total. The van der Waals surface area contributed by atoms with E-state index in [1.54, 1.807) is 11.3 Å². The Bertz CT molecular complexity index is 1120. The number of rotatable bonds is 9. The number of hydrogen-bond donors (Lipinski definition) is 0. The average Bonchev–Trinajstić information content (AvgIpc) is 3.37. The van der Waals surface area contributed by atoms with Gasteiger partial charge in [-0.25, -0.2) is 4.79 Å². The maximum atomic E-state index is 12.8. The minimum atomic E-state index is -0.694. The van der Waals surface area contributed by atoms with Gasteiger partial charge in [0.2, 0.25) is 5.78 Å². The number of aryl methyl sites for hydroxylation is 2. The number of nitrogens with zero attached hydrogens (tertiary/aromatic N) is 2. The van der Waals surface area contributed by atoms with Crippen LogP contribution in [0.3, 0.4) is 0 Å². The van der Waals surface area contributed by atoms with E-state index >= 15 is 0 Å². The van der Waals surface area contributed by atoms with Crippen molar-refractivity contribution in [1.82, 2.24) is 4.57 Å². The lowest BCUT2D eigenvalue weighted by Gasteiger charge is -2.10. The van der Waals surface area contributed by atoms with Gasteiger partial charge < -0.3 is 14.0 Å². The van der Waals surface area contributed by atoms with Crippen molar-refractivity contribution in [2.45, 2.75) is 26.8 Å². The Labute approximate surface area is 183 Å². The maximum absolute atomic E-state index is 12.8. The summed E-state index contributed by atoms with van der Waals surface area (Å²) in [6.45, 7) is 4.22. The molecule has 0 radical (unpaired) electrons. The summed E-state index contributed by atoms with van der Waals surface area (Å²) in [6, 6.07) is 9.62. The summed E-state index contributed by atoms with van der Waals surface area (Å²) in [5.74, 6) is -1.06. The Morgan fingerprint density at radius 2 is 1.97 bits per heavy atom. The van der Waals surface area contributed by atoms with Crippen LogP contribution >= 0.6 is 11.3 Å². The average molecular weight is 442 g/mol. The van der Waals surface area contributed by atoms with Gasteiger partial charge in [-0.05, 0) is 49.9 Å². The van der Waals surface area contributed by atoms with E-state index in [0.717, 1.165) is 30.4 Å². The highest BCUT2D eigenvalue weighted by Gasteiger charge is 2.22. The first-order valence-corrected chi connectivity index (χ1v) is 10.4. The number of Topliss-reactive ketones (excluding diaryl/α,β-unsaturated/α-hetero) is 1. The van der Waals surface area contributed by atoms with E-state index < -0.39 is 16.6 Å². The number of aromatic nitrogens is 1. The second-order valence-corrected chi connectivity index (χ2v) is 7.94. The molecule has 31 heavy (non-hydrogen) atoms. The van der Waals surface area contributed by atoms with Crippen molar-refractivity contribution in [3.63, 3.8) is 0 Å². The first kappa shape index (κ1) is 22.2. The fraction of sp³-hybridized carbons (Fsp3) is 0.273. The number of nitro groups is 1. The third-order valence-corrected chi connectivity index (χ3v) is 5.91. The number of carbonyl (C=O) groups excluding carboxylic acids is 2. The van der Waals surface area contributed by atoms with E-state index in [-0.39, 0.29) is 23.7 Å². The van der Waals surface area contributed by atoms with Gasteiger partial charge in [0, 0.05) is 34.4 Å². The molecule has 0 aliphatic heterocycles. The highest BCUT2D eigenvalue weighted by Crippen LogP contribution is 2.29. The van der Waals surface area contributed by atoms with Crippen LogP contribution in [0.2, 0.25) is 0 Å². The molecule has 0 saturated heterocycles. The normalized spacial score (nSPS) is 10.7. The largest absolute Gasteiger partial charge is 0.478 e. The summed E-state index contributed by atoms with van der Waals surface area (Å²) >= 11 is 1.70. The van der Waals surface area contributed by atoms with Crippen molar-refractivity contribution < 1.29 is 24.0 Å². The molecule has 9 heteroatoms. The van der Waals surface area contributed by atoms with Gasteiger partial charge >= 0.3 is 11.7 Å². The molecule has 0 aliphatic rings. The standard InChI is InChI=1S/C22H22N2O6S/c1-14-11-18(15(2)23(14)9-8-17-5-4-10-31-17)20(25)13-30-21-7-6-16(22(26)29-3)12-19(21)24(27)28/h4-7,10-12H,8-9,13H2,1-3H3. The number of methoxy groups -OCH3 is 1. The third-order valence-electron chi connectivity index (χ3n) is 4.97. The third kappa shape index (κ3) is 5.00. The number of thiophene rings is 1. The van der Waals surface area contributed by atoms with Crippen molar-refractivity contribution in [2.24, 2.45) is 0 Å². The molecule has 0 aliphatic carbocycles. The van der Waals surface area contributed by atoms with Gasteiger partial charge in [-0.15, -0.1) is 11.3 Å². The van der Waals surface area contributed by atoms with Gasteiger partial charge in [0.25, 0.3) is 0 Å². The first-order chi connectivity index (χ1) is 14.8. The predicted molar refractivity (Wildman–Crippen MR) is 116 cm³/mol. The van der Waals surface area contributed by atoms with Crippen LogP contribution in [0.25, 0.3) is 0 Å². The number of benzene rings is 1. The van der Waals surface area contributed by atoms with Crippen LogP contribution in [0.1, 0.15) is 37.0 Å². The van der Waals surface area contributed by atoms with Gasteiger partial charge in [-0.2, -0.15) is 0 Å². The minimum Gasteiger partial charge on any atom is -0.478 e. The number of carbonyl (C=O) groups is 2. The van der Waals surface area contributed by atoms with Crippen molar-refractivity contribution in [3.05, 3.63) is 79.3 Å². The van der Waals surface area contributed by atoms with Crippen LogP contribution in [0.5, 0.6) is 5.75 Å². The van der Waals surface area contributed by atoms with Crippen molar-refractivity contribution in [3.8, 4) is 5.75 Å². The van der Waals surface area contributed by atoms with E-state index in [0.29, 0.717) is 5.56 Å². The highest BCUT2D eigenvalue weighted by atomic mass is 32.1. The van der Waals surface area contributed by atoms with Gasteiger partial charge in [-0.1, -0.05) is 6.07 Å². The summed E-state index contributed by atoms with van der Waals surface area (Å²) in [6.07, 6.45) is 0.872. The van der Waals surface area contributed by atoms with Gasteiger partial charge in [0.1, 0.15) is 0 Å². The number of nitro benzene ring substituents is 1. The summed E-state index contributed by atoms with van der Waals surface area (Å²) in [4.78, 5) is 36.3. The van der Waals surface area contributed by atoms with E-state index in [2.05, 4.69) is 15.4 Å². The van der Waals surface area contributed by atoms with Crippen LogP contribution in [0, 0.1) is 24.0 Å². The van der Waals surface area contributed by atoms with Gasteiger partial charge in [-0.3, -0.25) is 14.9 Å². The zero-order chi connectivity index (χ0) is 22.5. The Morgan fingerprint density at radius 3 is 2.61 bits per heavy atom. The van der Waals surface area contributed by atoms with Crippen molar-refractivity contribution in [2.75, 3.05) is 13.7 Å². The molecule has 2 aromatic heterocycles. The monoisotopic (exact) mass is 442 g/mol. The maximum Gasteiger partial charge on any atom is 0.338 e. The molecule has 3 aromatic rings. The Kier molecular flexibility index (Phi) is 6.86. The lowest BCUT2D eigenvalue weighted by Crippen LogP contribution is -2.14. The van der Waals surface area contributed by atoms with Crippen LogP contribution in [-0.4, -0.2) is 35.0 Å². The first-order valence-electron chi connectivity index (χ1n) is 9.53. The predicted octanol–water partition coefficient (Wildman–Crippen LogP) is 4.37. The molecule has 0 bridgehead atoms. The molecule has 0 fully saturated rings.